The lowest BCUT2D eigenvalue weighted by Crippen LogP contribution is -2.14. The molecule has 1 aliphatic rings. The Balaban J connectivity index is 2.53. The van der Waals surface area contributed by atoms with E-state index in [4.69, 9.17) is 4.74 Å². The summed E-state index contributed by atoms with van der Waals surface area (Å²) in [5.41, 5.74) is 2.94. The van der Waals surface area contributed by atoms with Crippen LogP contribution >= 0.6 is 11.8 Å². The second-order valence-corrected chi connectivity index (χ2v) is 6.63. The maximum Gasteiger partial charge on any atom is 0.338 e. The molecule has 0 N–H and O–H groups in total. The van der Waals surface area contributed by atoms with Crippen molar-refractivity contribution in [1.29, 1.82) is 0 Å². The van der Waals surface area contributed by atoms with Crippen molar-refractivity contribution >= 4 is 23.8 Å². The van der Waals surface area contributed by atoms with Crippen molar-refractivity contribution in [3.8, 4) is 0 Å². The Morgan fingerprint density at radius 1 is 1.39 bits per heavy atom. The largest absolute Gasteiger partial charge is 0.465 e. The highest BCUT2D eigenvalue weighted by molar-refractivity contribution is 8.01. The van der Waals surface area contributed by atoms with Crippen LogP contribution in [0.15, 0.2) is 23.1 Å². The molecule has 0 unspecified atom stereocenters. The average molecular weight is 262 g/mol. The van der Waals surface area contributed by atoms with Crippen LogP contribution in [0.4, 0.5) is 0 Å². The zero-order chi connectivity index (χ0) is 13.3. The lowest BCUT2D eigenvalue weighted by atomic mass is 10.00. The first-order valence-corrected chi connectivity index (χ1v) is 6.92. The monoisotopic (exact) mass is 262 g/mol. The minimum Gasteiger partial charge on any atom is -0.465 e. The molecule has 2 nitrogen and oxygen atoms in total. The second-order valence-electron chi connectivity index (χ2n) is 4.93. The number of carbonyl (C=O) groups excluding carboxylic acids is 1. The van der Waals surface area contributed by atoms with Gasteiger partial charge in [0.2, 0.25) is 0 Å². The Bertz CT molecular complexity index is 515. The van der Waals surface area contributed by atoms with Crippen molar-refractivity contribution in [2.24, 2.45) is 0 Å². The van der Waals surface area contributed by atoms with Crippen LogP contribution in [0.5, 0.6) is 0 Å². The van der Waals surface area contributed by atoms with E-state index >= 15 is 0 Å². The zero-order valence-electron chi connectivity index (χ0n) is 11.2. The van der Waals surface area contributed by atoms with E-state index in [0.29, 0.717) is 5.56 Å². The number of esters is 1. The van der Waals surface area contributed by atoms with E-state index < -0.39 is 0 Å². The van der Waals surface area contributed by atoms with Crippen LogP contribution in [0, 0.1) is 0 Å². The van der Waals surface area contributed by atoms with Crippen LogP contribution in [-0.2, 0) is 11.2 Å². The van der Waals surface area contributed by atoms with E-state index in [1.165, 1.54) is 12.7 Å². The fourth-order valence-corrected chi connectivity index (χ4v) is 3.19. The number of rotatable bonds is 2. The standard InChI is InChI=1S/C15H18O2S/c1-5-10-8-11-6-7-15(2,3)18-13(11)9-12(10)14(16)17-4/h6-9H,5H2,1-4H3. The summed E-state index contributed by atoms with van der Waals surface area (Å²) < 4.78 is 4.93. The number of benzene rings is 1. The van der Waals surface area contributed by atoms with Gasteiger partial charge in [0.15, 0.2) is 0 Å². The molecule has 0 saturated heterocycles. The van der Waals surface area contributed by atoms with E-state index in [1.54, 1.807) is 11.8 Å². The maximum absolute atomic E-state index is 11.8. The van der Waals surface area contributed by atoms with Crippen molar-refractivity contribution in [2.45, 2.75) is 36.8 Å². The van der Waals surface area contributed by atoms with Gasteiger partial charge in [-0.05, 0) is 43.5 Å². The van der Waals surface area contributed by atoms with Gasteiger partial charge in [-0.1, -0.05) is 19.1 Å². The number of thioether (sulfide) groups is 1. The van der Waals surface area contributed by atoms with Crippen molar-refractivity contribution in [3.63, 3.8) is 0 Å². The lowest BCUT2D eigenvalue weighted by molar-refractivity contribution is 0.0599. The predicted octanol–water partition coefficient (Wildman–Crippen LogP) is 3.93. The SMILES string of the molecule is CCc1cc2c(cc1C(=O)OC)SC(C)(C)C=C2. The molecule has 0 aliphatic carbocycles. The maximum atomic E-state index is 11.8. The number of ether oxygens (including phenoxy) is 1. The summed E-state index contributed by atoms with van der Waals surface area (Å²) in [5, 5.41) is 0. The number of carbonyl (C=O) groups is 1. The molecule has 1 aliphatic heterocycles. The highest BCUT2D eigenvalue weighted by Gasteiger charge is 2.23. The quantitative estimate of drug-likeness (QED) is 0.755. The van der Waals surface area contributed by atoms with Gasteiger partial charge >= 0.3 is 5.97 Å². The summed E-state index contributed by atoms with van der Waals surface area (Å²) in [6.45, 7) is 6.39. The van der Waals surface area contributed by atoms with Gasteiger partial charge in [0, 0.05) is 9.64 Å². The molecule has 3 heteroatoms. The van der Waals surface area contributed by atoms with Gasteiger partial charge in [-0.25, -0.2) is 4.79 Å². The van der Waals surface area contributed by atoms with Crippen molar-refractivity contribution in [3.05, 3.63) is 34.9 Å². The van der Waals surface area contributed by atoms with E-state index in [1.807, 2.05) is 6.07 Å². The summed E-state index contributed by atoms with van der Waals surface area (Å²) >= 11 is 1.78. The van der Waals surface area contributed by atoms with Gasteiger partial charge < -0.3 is 4.74 Å². The molecule has 0 atom stereocenters. The zero-order valence-corrected chi connectivity index (χ0v) is 12.1. The van der Waals surface area contributed by atoms with Crippen LogP contribution in [0.3, 0.4) is 0 Å². The van der Waals surface area contributed by atoms with Crippen molar-refractivity contribution < 1.29 is 9.53 Å². The highest BCUT2D eigenvalue weighted by Crippen LogP contribution is 2.41. The number of methoxy groups -OCH3 is 1. The molecular formula is C15H18O2S. The Labute approximate surface area is 112 Å². The van der Waals surface area contributed by atoms with E-state index in [-0.39, 0.29) is 10.7 Å². The van der Waals surface area contributed by atoms with Gasteiger partial charge in [0.05, 0.1) is 12.7 Å². The normalized spacial score (nSPS) is 16.2. The minimum absolute atomic E-state index is 0.0775. The molecule has 1 heterocycles. The number of aryl methyl sites for hydroxylation is 1. The molecule has 1 aromatic rings. The van der Waals surface area contributed by atoms with Crippen LogP contribution < -0.4 is 0 Å². The summed E-state index contributed by atoms with van der Waals surface area (Å²) in [5.74, 6) is -0.248. The molecular weight excluding hydrogens is 244 g/mol. The third-order valence-electron chi connectivity index (χ3n) is 3.06. The van der Waals surface area contributed by atoms with E-state index in [9.17, 15) is 4.79 Å². The third kappa shape index (κ3) is 2.46. The first-order valence-electron chi connectivity index (χ1n) is 6.10. The molecule has 96 valence electrons. The van der Waals surface area contributed by atoms with Crippen molar-refractivity contribution in [1.82, 2.24) is 0 Å². The molecule has 0 aromatic heterocycles. The first kappa shape index (κ1) is 13.2. The predicted molar refractivity (Wildman–Crippen MR) is 76.1 cm³/mol. The molecule has 0 spiro atoms. The summed E-state index contributed by atoms with van der Waals surface area (Å²) in [4.78, 5) is 12.9. The smallest absolute Gasteiger partial charge is 0.338 e. The van der Waals surface area contributed by atoms with Gasteiger partial charge in [-0.2, -0.15) is 0 Å². The van der Waals surface area contributed by atoms with Crippen LogP contribution in [0.2, 0.25) is 0 Å². The summed E-state index contributed by atoms with van der Waals surface area (Å²) in [6, 6.07) is 4.07. The Morgan fingerprint density at radius 3 is 2.72 bits per heavy atom. The summed E-state index contributed by atoms with van der Waals surface area (Å²) in [7, 11) is 1.43. The Hall–Kier alpha value is -1.22. The summed E-state index contributed by atoms with van der Waals surface area (Å²) in [6.07, 6.45) is 5.18. The fraction of sp³-hybridized carbons (Fsp3) is 0.400. The van der Waals surface area contributed by atoms with Crippen LogP contribution in [-0.4, -0.2) is 17.8 Å². The van der Waals surface area contributed by atoms with Crippen LogP contribution in [0.1, 0.15) is 42.3 Å². The van der Waals surface area contributed by atoms with Gasteiger partial charge in [-0.3, -0.25) is 0 Å². The molecule has 1 aromatic carbocycles. The minimum atomic E-state index is -0.248. The van der Waals surface area contributed by atoms with E-state index in [2.05, 4.69) is 39.0 Å². The number of hydrogen-bond donors (Lipinski definition) is 0. The molecule has 0 amide bonds. The second kappa shape index (κ2) is 4.81. The Kier molecular flexibility index (Phi) is 3.53. The van der Waals surface area contributed by atoms with E-state index in [0.717, 1.165) is 16.9 Å². The highest BCUT2D eigenvalue weighted by atomic mass is 32.2. The van der Waals surface area contributed by atoms with Gasteiger partial charge in [0.1, 0.15) is 0 Å². The molecule has 0 radical (unpaired) electrons. The average Bonchev–Trinajstić information content (AvgIpc) is 2.35. The fourth-order valence-electron chi connectivity index (χ4n) is 2.06. The first-order chi connectivity index (χ1) is 8.46. The number of fused-ring (bicyclic) bond motifs is 1. The molecule has 0 bridgehead atoms. The lowest BCUT2D eigenvalue weighted by Gasteiger charge is -2.26. The molecule has 0 saturated carbocycles. The molecule has 2 rings (SSSR count). The van der Waals surface area contributed by atoms with Crippen LogP contribution in [0.25, 0.3) is 6.08 Å². The topological polar surface area (TPSA) is 26.3 Å². The van der Waals surface area contributed by atoms with Gasteiger partial charge in [-0.15, -0.1) is 11.8 Å². The Morgan fingerprint density at radius 2 is 2.11 bits per heavy atom. The van der Waals surface area contributed by atoms with Gasteiger partial charge in [0.25, 0.3) is 0 Å². The molecule has 18 heavy (non-hydrogen) atoms. The third-order valence-corrected chi connectivity index (χ3v) is 4.29. The number of hydrogen-bond acceptors (Lipinski definition) is 3. The molecule has 0 fully saturated rings. The van der Waals surface area contributed by atoms with Crippen molar-refractivity contribution in [2.75, 3.05) is 7.11 Å².